The zero-order valence-corrected chi connectivity index (χ0v) is 15.1. The Kier molecular flexibility index (Phi) is 10.0. The molecule has 1 aromatic rings. The summed E-state index contributed by atoms with van der Waals surface area (Å²) < 4.78 is 0. The molecule has 0 aliphatic heterocycles. The molecule has 3 atom stereocenters. The van der Waals surface area contributed by atoms with E-state index in [9.17, 15) is 24.6 Å². The van der Waals surface area contributed by atoms with E-state index in [1.54, 1.807) is 30.3 Å². The molecule has 0 fully saturated rings. The van der Waals surface area contributed by atoms with Gasteiger partial charge in [0.05, 0.1) is 12.6 Å². The van der Waals surface area contributed by atoms with E-state index < -0.39 is 42.5 Å². The van der Waals surface area contributed by atoms with Crippen molar-refractivity contribution in [2.24, 2.45) is 11.5 Å². The molecular weight excluding hydrogens is 352 g/mol. The van der Waals surface area contributed by atoms with Crippen molar-refractivity contribution >= 4 is 17.8 Å². The molecule has 0 bridgehead atoms. The van der Waals surface area contributed by atoms with Crippen LogP contribution >= 0.6 is 0 Å². The van der Waals surface area contributed by atoms with Crippen molar-refractivity contribution < 1.29 is 24.6 Å². The maximum Gasteiger partial charge on any atom is 0.326 e. The number of amides is 2. The lowest BCUT2D eigenvalue weighted by atomic mass is 10.1. The van der Waals surface area contributed by atoms with Crippen LogP contribution in [0.5, 0.6) is 0 Å². The molecule has 1 aromatic carbocycles. The average molecular weight is 380 g/mol. The highest BCUT2D eigenvalue weighted by Crippen LogP contribution is 2.04. The van der Waals surface area contributed by atoms with E-state index in [4.69, 9.17) is 11.5 Å². The van der Waals surface area contributed by atoms with E-state index >= 15 is 0 Å². The molecule has 8 N–H and O–H groups in total. The molecule has 0 aromatic heterocycles. The predicted octanol–water partition coefficient (Wildman–Crippen LogP) is -1.27. The average Bonchev–Trinajstić information content (AvgIpc) is 2.66. The lowest BCUT2D eigenvalue weighted by molar-refractivity contribution is -0.142. The summed E-state index contributed by atoms with van der Waals surface area (Å²) in [7, 11) is 0. The van der Waals surface area contributed by atoms with Crippen LogP contribution in [0.4, 0.5) is 0 Å². The highest BCUT2D eigenvalue weighted by Gasteiger charge is 2.27. The second-order valence-electron chi connectivity index (χ2n) is 6.22. The van der Waals surface area contributed by atoms with Crippen LogP contribution in [-0.2, 0) is 20.8 Å². The van der Waals surface area contributed by atoms with Gasteiger partial charge in [-0.05, 0) is 24.9 Å². The summed E-state index contributed by atoms with van der Waals surface area (Å²) in [6.07, 6.45) is 1.87. The Morgan fingerprint density at radius 1 is 1.00 bits per heavy atom. The Morgan fingerprint density at radius 3 is 2.19 bits per heavy atom. The molecule has 2 amide bonds. The van der Waals surface area contributed by atoms with Crippen LogP contribution in [-0.4, -0.2) is 59.3 Å². The number of hydrogen-bond acceptors (Lipinski definition) is 6. The van der Waals surface area contributed by atoms with E-state index in [1.807, 2.05) is 0 Å². The Hall–Kier alpha value is -2.49. The summed E-state index contributed by atoms with van der Waals surface area (Å²) in [6.45, 7) is -0.182. The van der Waals surface area contributed by atoms with Crippen LogP contribution < -0.4 is 22.1 Å². The third kappa shape index (κ3) is 8.16. The number of nitrogens with one attached hydrogen (secondary N) is 2. The molecule has 0 heterocycles. The van der Waals surface area contributed by atoms with Gasteiger partial charge in [-0.1, -0.05) is 36.8 Å². The second kappa shape index (κ2) is 12.0. The lowest BCUT2D eigenvalue weighted by Crippen LogP contribution is -2.56. The molecule has 0 spiro atoms. The van der Waals surface area contributed by atoms with E-state index in [2.05, 4.69) is 10.6 Å². The first-order valence-electron chi connectivity index (χ1n) is 8.83. The summed E-state index contributed by atoms with van der Waals surface area (Å²) in [5.74, 6) is -2.59. The van der Waals surface area contributed by atoms with Crippen LogP contribution in [0.2, 0.25) is 0 Å². The van der Waals surface area contributed by atoms with E-state index in [-0.39, 0.29) is 6.42 Å². The van der Waals surface area contributed by atoms with Crippen molar-refractivity contribution in [1.82, 2.24) is 10.6 Å². The Labute approximate surface area is 158 Å². The van der Waals surface area contributed by atoms with Crippen molar-refractivity contribution in [3.05, 3.63) is 35.9 Å². The van der Waals surface area contributed by atoms with Gasteiger partial charge >= 0.3 is 5.97 Å². The standard InChI is InChI=1S/C18H28N4O5/c19-9-5-4-8-13(20)16(24)22-15(11-23)17(25)21-14(18(26)27)10-12-6-2-1-3-7-12/h1-3,6-7,13-15,23H,4-5,8-11,19-20H2,(H,21,25)(H,22,24)(H,26,27)/t13-,14-,15-/m0/s1. The van der Waals surface area contributed by atoms with E-state index in [0.29, 0.717) is 19.4 Å². The fourth-order valence-electron chi connectivity index (χ4n) is 2.43. The number of rotatable bonds is 12. The maximum absolute atomic E-state index is 12.3. The molecule has 27 heavy (non-hydrogen) atoms. The van der Waals surface area contributed by atoms with Gasteiger partial charge in [-0.3, -0.25) is 9.59 Å². The molecule has 9 nitrogen and oxygen atoms in total. The number of carboxylic acid groups (broad SMARTS) is 1. The predicted molar refractivity (Wildman–Crippen MR) is 99.6 cm³/mol. The van der Waals surface area contributed by atoms with Gasteiger partial charge in [0, 0.05) is 6.42 Å². The molecule has 9 heteroatoms. The molecule has 0 saturated carbocycles. The van der Waals surface area contributed by atoms with Crippen LogP contribution in [0, 0.1) is 0 Å². The highest BCUT2D eigenvalue weighted by atomic mass is 16.4. The van der Waals surface area contributed by atoms with Crippen LogP contribution in [0.1, 0.15) is 24.8 Å². The number of carbonyl (C=O) groups is 3. The van der Waals surface area contributed by atoms with Crippen molar-refractivity contribution in [3.63, 3.8) is 0 Å². The number of nitrogens with two attached hydrogens (primary N) is 2. The van der Waals surface area contributed by atoms with Crippen LogP contribution in [0.25, 0.3) is 0 Å². The van der Waals surface area contributed by atoms with Gasteiger partial charge in [-0.15, -0.1) is 0 Å². The van der Waals surface area contributed by atoms with Crippen LogP contribution in [0.15, 0.2) is 30.3 Å². The van der Waals surface area contributed by atoms with Gasteiger partial charge < -0.3 is 32.3 Å². The summed E-state index contributed by atoms with van der Waals surface area (Å²) in [6, 6.07) is 5.50. The first-order chi connectivity index (χ1) is 12.9. The first kappa shape index (κ1) is 22.6. The molecular formula is C18H28N4O5. The Bertz CT molecular complexity index is 611. The normalized spacial score (nSPS) is 14.0. The van der Waals surface area contributed by atoms with Crippen molar-refractivity contribution in [1.29, 1.82) is 0 Å². The SMILES string of the molecule is NCCCC[C@H](N)C(=O)N[C@@H](CO)C(=O)N[C@@H](Cc1ccccc1)C(=O)O. The van der Waals surface area contributed by atoms with Crippen molar-refractivity contribution in [2.75, 3.05) is 13.2 Å². The number of carbonyl (C=O) groups excluding carboxylic acids is 2. The topological polar surface area (TPSA) is 168 Å². The van der Waals surface area contributed by atoms with Gasteiger partial charge in [0.2, 0.25) is 11.8 Å². The van der Waals surface area contributed by atoms with Gasteiger partial charge in [-0.25, -0.2) is 4.79 Å². The minimum absolute atomic E-state index is 0.0760. The Morgan fingerprint density at radius 2 is 1.63 bits per heavy atom. The lowest BCUT2D eigenvalue weighted by Gasteiger charge is -2.21. The minimum Gasteiger partial charge on any atom is -0.480 e. The maximum atomic E-state index is 12.3. The molecule has 150 valence electrons. The zero-order chi connectivity index (χ0) is 20.2. The highest BCUT2D eigenvalue weighted by molar-refractivity contribution is 5.91. The molecule has 0 unspecified atom stereocenters. The smallest absolute Gasteiger partial charge is 0.326 e. The summed E-state index contributed by atoms with van der Waals surface area (Å²) in [5, 5.41) is 23.4. The Balaban J connectivity index is 2.63. The minimum atomic E-state index is -1.28. The van der Waals surface area contributed by atoms with Crippen molar-refractivity contribution in [2.45, 2.75) is 43.8 Å². The second-order valence-corrected chi connectivity index (χ2v) is 6.22. The number of aliphatic hydroxyl groups excluding tert-OH is 1. The summed E-state index contributed by atoms with van der Waals surface area (Å²) in [5.41, 5.74) is 11.9. The number of aliphatic hydroxyl groups is 1. The zero-order valence-electron chi connectivity index (χ0n) is 15.1. The van der Waals surface area contributed by atoms with E-state index in [0.717, 1.165) is 12.0 Å². The van der Waals surface area contributed by atoms with Gasteiger partial charge in [0.1, 0.15) is 12.1 Å². The van der Waals surface area contributed by atoms with Gasteiger partial charge in [-0.2, -0.15) is 0 Å². The molecule has 0 aliphatic rings. The van der Waals surface area contributed by atoms with Crippen molar-refractivity contribution in [3.8, 4) is 0 Å². The van der Waals surface area contributed by atoms with Gasteiger partial charge in [0.15, 0.2) is 0 Å². The monoisotopic (exact) mass is 380 g/mol. The number of hydrogen-bond donors (Lipinski definition) is 6. The largest absolute Gasteiger partial charge is 0.480 e. The number of unbranched alkanes of at least 4 members (excludes halogenated alkanes) is 1. The molecule has 0 radical (unpaired) electrons. The number of benzene rings is 1. The van der Waals surface area contributed by atoms with Crippen LogP contribution in [0.3, 0.4) is 0 Å². The third-order valence-electron chi connectivity index (χ3n) is 4.02. The number of carboxylic acids is 1. The third-order valence-corrected chi connectivity index (χ3v) is 4.02. The molecule has 0 saturated heterocycles. The van der Waals surface area contributed by atoms with Gasteiger partial charge in [0.25, 0.3) is 0 Å². The molecule has 1 rings (SSSR count). The summed E-state index contributed by atoms with van der Waals surface area (Å²) in [4.78, 5) is 35.8. The molecule has 0 aliphatic carbocycles. The van der Waals surface area contributed by atoms with E-state index in [1.165, 1.54) is 0 Å². The summed E-state index contributed by atoms with van der Waals surface area (Å²) >= 11 is 0. The number of aliphatic carboxylic acids is 1. The quantitative estimate of drug-likeness (QED) is 0.246. The fourth-order valence-corrected chi connectivity index (χ4v) is 2.43. The first-order valence-corrected chi connectivity index (χ1v) is 8.83. The fraction of sp³-hybridized carbons (Fsp3) is 0.500.